The standard InChI is InChI=1S/C19H18F3NO3/c1-25-11-17(24)23-10-13-9-12-5-4-7-15(18(12)26-13)14-6-2-3-8-16(14)19(20,21)22/h2-8,13H,9-11H2,1H3,(H,23,24). The Bertz CT molecular complexity index is 805. The van der Waals surface area contributed by atoms with Gasteiger partial charge in [0.25, 0.3) is 0 Å². The predicted octanol–water partition coefficient (Wildman–Crippen LogP) is 3.44. The first-order chi connectivity index (χ1) is 12.4. The highest BCUT2D eigenvalue weighted by atomic mass is 19.4. The molecular formula is C19H18F3NO3. The molecular weight excluding hydrogens is 347 g/mol. The number of halogens is 3. The molecule has 2 aromatic carbocycles. The SMILES string of the molecule is COCC(=O)NCC1Cc2cccc(-c3ccccc3C(F)(F)F)c2O1. The van der Waals surface area contributed by atoms with E-state index in [-0.39, 0.29) is 30.7 Å². The van der Waals surface area contributed by atoms with E-state index in [1.165, 1.54) is 19.2 Å². The molecule has 0 fully saturated rings. The number of rotatable bonds is 5. The fourth-order valence-electron chi connectivity index (χ4n) is 3.04. The van der Waals surface area contributed by atoms with Gasteiger partial charge in [-0.1, -0.05) is 36.4 Å². The van der Waals surface area contributed by atoms with Gasteiger partial charge in [-0.3, -0.25) is 4.79 Å². The van der Waals surface area contributed by atoms with Crippen LogP contribution in [0.3, 0.4) is 0 Å². The van der Waals surface area contributed by atoms with Crippen molar-refractivity contribution >= 4 is 5.91 Å². The van der Waals surface area contributed by atoms with Gasteiger partial charge < -0.3 is 14.8 Å². The highest BCUT2D eigenvalue weighted by Crippen LogP contribution is 2.43. The van der Waals surface area contributed by atoms with Crippen LogP contribution in [-0.4, -0.2) is 32.3 Å². The van der Waals surface area contributed by atoms with Gasteiger partial charge >= 0.3 is 6.18 Å². The number of benzene rings is 2. The quantitative estimate of drug-likeness (QED) is 0.883. The fourth-order valence-corrected chi connectivity index (χ4v) is 3.04. The van der Waals surface area contributed by atoms with Crippen LogP contribution in [0, 0.1) is 0 Å². The van der Waals surface area contributed by atoms with E-state index >= 15 is 0 Å². The van der Waals surface area contributed by atoms with Crippen LogP contribution in [-0.2, 0) is 22.1 Å². The Morgan fingerprint density at radius 1 is 1.19 bits per heavy atom. The monoisotopic (exact) mass is 365 g/mol. The van der Waals surface area contributed by atoms with Crippen molar-refractivity contribution in [3.63, 3.8) is 0 Å². The molecule has 1 amide bonds. The number of alkyl halides is 3. The highest BCUT2D eigenvalue weighted by Gasteiger charge is 2.35. The Balaban J connectivity index is 1.85. The normalized spacial score (nSPS) is 16.1. The molecule has 0 saturated heterocycles. The first kappa shape index (κ1) is 18.3. The number of para-hydroxylation sites is 1. The third-order valence-corrected chi connectivity index (χ3v) is 4.15. The molecule has 1 heterocycles. The van der Waals surface area contributed by atoms with Gasteiger partial charge in [0.05, 0.1) is 12.1 Å². The highest BCUT2D eigenvalue weighted by molar-refractivity contribution is 5.77. The molecule has 26 heavy (non-hydrogen) atoms. The zero-order valence-electron chi connectivity index (χ0n) is 14.1. The van der Waals surface area contributed by atoms with Crippen LogP contribution in [0.2, 0.25) is 0 Å². The van der Waals surface area contributed by atoms with Gasteiger partial charge in [0.1, 0.15) is 18.5 Å². The molecule has 0 bridgehead atoms. The number of hydrogen-bond donors (Lipinski definition) is 1. The maximum atomic E-state index is 13.3. The molecule has 1 aliphatic heterocycles. The maximum absolute atomic E-state index is 13.3. The minimum atomic E-state index is -4.45. The van der Waals surface area contributed by atoms with Gasteiger partial charge in [0, 0.05) is 19.1 Å². The molecule has 0 aromatic heterocycles. The average molecular weight is 365 g/mol. The Kier molecular flexibility index (Phi) is 5.18. The molecule has 1 atom stereocenters. The number of amides is 1. The molecule has 4 nitrogen and oxygen atoms in total. The molecule has 0 aliphatic carbocycles. The topological polar surface area (TPSA) is 47.6 Å². The fraction of sp³-hybridized carbons (Fsp3) is 0.316. The van der Waals surface area contributed by atoms with E-state index < -0.39 is 11.7 Å². The van der Waals surface area contributed by atoms with Crippen molar-refractivity contribution in [1.29, 1.82) is 0 Å². The second-order valence-electron chi connectivity index (χ2n) is 6.02. The first-order valence-electron chi connectivity index (χ1n) is 8.11. The van der Waals surface area contributed by atoms with Gasteiger partial charge in [-0.25, -0.2) is 0 Å². The third kappa shape index (κ3) is 3.83. The summed E-state index contributed by atoms with van der Waals surface area (Å²) < 4.78 is 50.6. The molecule has 1 unspecified atom stereocenters. The smallest absolute Gasteiger partial charge is 0.417 e. The van der Waals surface area contributed by atoms with Gasteiger partial charge in [-0.05, 0) is 17.2 Å². The van der Waals surface area contributed by atoms with Crippen molar-refractivity contribution in [3.8, 4) is 16.9 Å². The number of carbonyl (C=O) groups excluding carboxylic acids is 1. The van der Waals surface area contributed by atoms with E-state index in [0.29, 0.717) is 17.7 Å². The van der Waals surface area contributed by atoms with Crippen molar-refractivity contribution in [1.82, 2.24) is 5.32 Å². The second-order valence-corrected chi connectivity index (χ2v) is 6.02. The molecule has 1 N–H and O–H groups in total. The summed E-state index contributed by atoms with van der Waals surface area (Å²) in [4.78, 5) is 11.5. The van der Waals surface area contributed by atoms with E-state index in [4.69, 9.17) is 9.47 Å². The number of nitrogens with one attached hydrogen (secondary N) is 1. The van der Waals surface area contributed by atoms with Crippen LogP contribution in [0.1, 0.15) is 11.1 Å². The maximum Gasteiger partial charge on any atom is 0.417 e. The van der Waals surface area contributed by atoms with Crippen LogP contribution in [0.4, 0.5) is 13.2 Å². The largest absolute Gasteiger partial charge is 0.487 e. The predicted molar refractivity (Wildman–Crippen MR) is 89.9 cm³/mol. The molecule has 7 heteroatoms. The number of ether oxygens (including phenoxy) is 2. The van der Waals surface area contributed by atoms with E-state index in [1.54, 1.807) is 18.2 Å². The Labute approximate surface area is 148 Å². The zero-order valence-corrected chi connectivity index (χ0v) is 14.1. The lowest BCUT2D eigenvalue weighted by atomic mass is 9.96. The van der Waals surface area contributed by atoms with Gasteiger partial charge in [-0.15, -0.1) is 0 Å². The minimum absolute atomic E-state index is 0.0517. The van der Waals surface area contributed by atoms with Gasteiger partial charge in [0.15, 0.2) is 0 Å². The van der Waals surface area contributed by atoms with E-state index in [9.17, 15) is 18.0 Å². The van der Waals surface area contributed by atoms with Crippen LogP contribution in [0.5, 0.6) is 5.75 Å². The van der Waals surface area contributed by atoms with Crippen molar-refractivity contribution in [2.75, 3.05) is 20.3 Å². The number of hydrogen-bond acceptors (Lipinski definition) is 3. The van der Waals surface area contributed by atoms with Gasteiger partial charge in [-0.2, -0.15) is 13.2 Å². The van der Waals surface area contributed by atoms with E-state index in [1.807, 2.05) is 6.07 Å². The summed E-state index contributed by atoms with van der Waals surface area (Å²) in [6.45, 7) is 0.209. The lowest BCUT2D eigenvalue weighted by Gasteiger charge is -2.16. The minimum Gasteiger partial charge on any atom is -0.487 e. The molecule has 138 valence electrons. The third-order valence-electron chi connectivity index (χ3n) is 4.15. The molecule has 2 aromatic rings. The van der Waals surface area contributed by atoms with Crippen LogP contribution in [0.25, 0.3) is 11.1 Å². The van der Waals surface area contributed by atoms with Crippen molar-refractivity contribution in [2.24, 2.45) is 0 Å². The number of fused-ring (bicyclic) bond motifs is 1. The molecule has 3 rings (SSSR count). The summed E-state index contributed by atoms with van der Waals surface area (Å²) in [6, 6.07) is 10.6. The number of carbonyl (C=O) groups is 1. The summed E-state index contributed by atoms with van der Waals surface area (Å²) in [5.41, 5.74) is 0.612. The van der Waals surface area contributed by atoms with Gasteiger partial charge in [0.2, 0.25) is 5.91 Å². The van der Waals surface area contributed by atoms with E-state index in [2.05, 4.69) is 5.32 Å². The van der Waals surface area contributed by atoms with Crippen molar-refractivity contribution < 1.29 is 27.4 Å². The van der Waals surface area contributed by atoms with Crippen LogP contribution < -0.4 is 10.1 Å². The Morgan fingerprint density at radius 3 is 2.65 bits per heavy atom. The zero-order chi connectivity index (χ0) is 18.7. The van der Waals surface area contributed by atoms with E-state index in [0.717, 1.165) is 11.6 Å². The molecule has 0 saturated carbocycles. The Morgan fingerprint density at radius 2 is 1.92 bits per heavy atom. The van der Waals surface area contributed by atoms with Crippen molar-refractivity contribution in [3.05, 3.63) is 53.6 Å². The second kappa shape index (κ2) is 7.37. The number of methoxy groups -OCH3 is 1. The summed E-state index contributed by atoms with van der Waals surface area (Å²) in [6.07, 6.45) is -4.26. The summed E-state index contributed by atoms with van der Waals surface area (Å²) in [5.74, 6) is 0.171. The molecule has 1 aliphatic rings. The first-order valence-corrected chi connectivity index (χ1v) is 8.11. The van der Waals surface area contributed by atoms with Crippen LogP contribution >= 0.6 is 0 Å². The lowest BCUT2D eigenvalue weighted by Crippen LogP contribution is -2.36. The summed E-state index contributed by atoms with van der Waals surface area (Å²) >= 11 is 0. The van der Waals surface area contributed by atoms with Crippen LogP contribution in [0.15, 0.2) is 42.5 Å². The molecule has 0 spiro atoms. The Hall–Kier alpha value is -2.54. The summed E-state index contributed by atoms with van der Waals surface area (Å²) in [5, 5.41) is 2.69. The summed E-state index contributed by atoms with van der Waals surface area (Å²) in [7, 11) is 1.42. The lowest BCUT2D eigenvalue weighted by molar-refractivity contribution is -0.137. The average Bonchev–Trinajstić information content (AvgIpc) is 3.02. The van der Waals surface area contributed by atoms with Crippen molar-refractivity contribution in [2.45, 2.75) is 18.7 Å². The molecule has 0 radical (unpaired) electrons.